The normalized spacial score (nSPS) is 10.8. The third-order valence-corrected chi connectivity index (χ3v) is 4.50. The van der Waals surface area contributed by atoms with E-state index in [9.17, 15) is 10.1 Å². The Morgan fingerprint density at radius 3 is 2.90 bits per heavy atom. The van der Waals surface area contributed by atoms with Crippen molar-refractivity contribution in [2.45, 2.75) is 6.54 Å². The molecule has 5 nitrogen and oxygen atoms in total. The molecular weight excluding hydrogens is 356 g/mol. The molecule has 1 heterocycles. The van der Waals surface area contributed by atoms with E-state index >= 15 is 0 Å². The summed E-state index contributed by atoms with van der Waals surface area (Å²) in [6, 6.07) is 8.34. The topological polar surface area (TPSA) is 55.6 Å². The molecule has 0 amide bonds. The number of hydrogen-bond donors (Lipinski definition) is 0. The number of halogens is 1. The summed E-state index contributed by atoms with van der Waals surface area (Å²) in [7, 11) is 2.02. The minimum atomic E-state index is -0.423. The van der Waals surface area contributed by atoms with Crippen LogP contribution in [0.1, 0.15) is 4.88 Å². The van der Waals surface area contributed by atoms with E-state index in [2.05, 4.69) is 32.3 Å². The van der Waals surface area contributed by atoms with Gasteiger partial charge in [-0.2, -0.15) is 0 Å². The van der Waals surface area contributed by atoms with Gasteiger partial charge in [0.2, 0.25) is 0 Å². The van der Waals surface area contributed by atoms with Crippen molar-refractivity contribution in [3.63, 3.8) is 0 Å². The zero-order valence-corrected chi connectivity index (χ0v) is 13.9. The number of rotatable bonds is 7. The Bertz CT molecular complexity index is 618. The second-order valence-corrected chi connectivity index (χ2v) is 6.48. The first-order chi connectivity index (χ1) is 10.0. The van der Waals surface area contributed by atoms with Gasteiger partial charge in [-0.25, -0.2) is 0 Å². The van der Waals surface area contributed by atoms with E-state index in [1.165, 1.54) is 17.0 Å². The first kappa shape index (κ1) is 15.9. The maximum atomic E-state index is 10.7. The molecule has 0 aliphatic heterocycles. The van der Waals surface area contributed by atoms with Gasteiger partial charge in [0.1, 0.15) is 12.4 Å². The summed E-state index contributed by atoms with van der Waals surface area (Å²) in [5.41, 5.74) is 0.0456. The number of nitrogens with zero attached hydrogens (tertiary/aromatic N) is 2. The van der Waals surface area contributed by atoms with Gasteiger partial charge in [-0.05, 0) is 35.1 Å². The van der Waals surface area contributed by atoms with Crippen molar-refractivity contribution >= 4 is 33.0 Å². The number of thiophene rings is 1. The molecule has 0 saturated carbocycles. The summed E-state index contributed by atoms with van der Waals surface area (Å²) in [5, 5.41) is 12.7. The molecule has 21 heavy (non-hydrogen) atoms. The summed E-state index contributed by atoms with van der Waals surface area (Å²) < 4.78 is 6.66. The van der Waals surface area contributed by atoms with Crippen molar-refractivity contribution < 1.29 is 9.66 Å². The average Bonchev–Trinajstić information content (AvgIpc) is 2.84. The fourth-order valence-electron chi connectivity index (χ4n) is 1.79. The van der Waals surface area contributed by atoms with Crippen molar-refractivity contribution in [2.75, 3.05) is 20.2 Å². The quantitative estimate of drug-likeness (QED) is 0.547. The summed E-state index contributed by atoms with van der Waals surface area (Å²) in [4.78, 5) is 13.7. The monoisotopic (exact) mass is 370 g/mol. The number of nitro groups is 1. The third-order valence-electron chi connectivity index (χ3n) is 2.82. The lowest BCUT2D eigenvalue weighted by Gasteiger charge is -2.15. The molecule has 0 unspecified atom stereocenters. The Morgan fingerprint density at radius 2 is 2.24 bits per heavy atom. The fourth-order valence-corrected chi connectivity index (χ4v) is 3.32. The first-order valence-corrected chi connectivity index (χ1v) is 8.00. The fraction of sp³-hybridized carbons (Fsp3) is 0.286. The van der Waals surface area contributed by atoms with Crippen molar-refractivity contribution in [1.82, 2.24) is 4.90 Å². The Kier molecular flexibility index (Phi) is 5.72. The molecule has 0 fully saturated rings. The molecule has 0 N–H and O–H groups in total. The van der Waals surface area contributed by atoms with Gasteiger partial charge in [-0.1, -0.05) is 6.07 Å². The summed E-state index contributed by atoms with van der Waals surface area (Å²) in [5.74, 6) is 0.525. The van der Waals surface area contributed by atoms with Gasteiger partial charge in [0, 0.05) is 33.9 Å². The highest BCUT2D eigenvalue weighted by atomic mass is 79.9. The summed E-state index contributed by atoms with van der Waals surface area (Å²) in [6.45, 7) is 2.09. The molecular formula is C14H15BrN2O3S. The van der Waals surface area contributed by atoms with Crippen molar-refractivity contribution in [3.8, 4) is 5.75 Å². The Hall–Kier alpha value is -1.44. The Morgan fingerprint density at radius 1 is 1.43 bits per heavy atom. The lowest BCUT2D eigenvalue weighted by Crippen LogP contribution is -2.23. The van der Waals surface area contributed by atoms with Gasteiger partial charge in [0.15, 0.2) is 0 Å². The second kappa shape index (κ2) is 7.53. The van der Waals surface area contributed by atoms with E-state index in [0.717, 1.165) is 17.6 Å². The lowest BCUT2D eigenvalue weighted by molar-refractivity contribution is -0.384. The number of ether oxygens (including phenoxy) is 1. The SMILES string of the molecule is CN(CCOc1cccc([N+](=O)[O-])c1)Cc1cc(Br)cs1. The van der Waals surface area contributed by atoms with Gasteiger partial charge < -0.3 is 4.74 Å². The number of nitro benzene ring substituents is 1. The standard InChI is InChI=1S/C14H15BrN2O3S/c1-16(9-14-7-11(15)10-21-14)5-6-20-13-4-2-3-12(8-13)17(18)19/h2-4,7-8,10H,5-6,9H2,1H3. The lowest BCUT2D eigenvalue weighted by atomic mass is 10.3. The van der Waals surface area contributed by atoms with Crippen LogP contribution in [-0.2, 0) is 6.54 Å². The van der Waals surface area contributed by atoms with E-state index in [1.807, 2.05) is 7.05 Å². The summed E-state index contributed by atoms with van der Waals surface area (Å²) in [6.07, 6.45) is 0. The molecule has 2 rings (SSSR count). The first-order valence-electron chi connectivity index (χ1n) is 6.33. The number of benzene rings is 1. The number of hydrogen-bond acceptors (Lipinski definition) is 5. The molecule has 112 valence electrons. The van der Waals surface area contributed by atoms with E-state index < -0.39 is 4.92 Å². The molecule has 7 heteroatoms. The summed E-state index contributed by atoms with van der Waals surface area (Å²) >= 11 is 5.14. The van der Waals surface area contributed by atoms with Gasteiger partial charge in [-0.3, -0.25) is 15.0 Å². The highest BCUT2D eigenvalue weighted by molar-refractivity contribution is 9.10. The average molecular weight is 371 g/mol. The minimum absolute atomic E-state index is 0.0456. The van der Waals surface area contributed by atoms with Gasteiger partial charge in [0.25, 0.3) is 5.69 Å². The van der Waals surface area contributed by atoms with Crippen LogP contribution in [0.3, 0.4) is 0 Å². The molecule has 0 spiro atoms. The van der Waals surface area contributed by atoms with Crippen LogP contribution in [0.15, 0.2) is 40.2 Å². The molecule has 0 radical (unpaired) electrons. The van der Waals surface area contributed by atoms with Crippen molar-refractivity contribution in [3.05, 3.63) is 55.2 Å². The maximum Gasteiger partial charge on any atom is 0.273 e. The molecule has 0 bridgehead atoms. The van der Waals surface area contributed by atoms with Crippen LogP contribution in [0.25, 0.3) is 0 Å². The highest BCUT2D eigenvalue weighted by Gasteiger charge is 2.07. The van der Waals surface area contributed by atoms with E-state index in [4.69, 9.17) is 4.74 Å². The highest BCUT2D eigenvalue weighted by Crippen LogP contribution is 2.21. The molecule has 1 aromatic heterocycles. The van der Waals surface area contributed by atoms with Crippen LogP contribution < -0.4 is 4.74 Å². The largest absolute Gasteiger partial charge is 0.492 e. The molecule has 1 aromatic carbocycles. The predicted molar refractivity (Wildman–Crippen MR) is 86.9 cm³/mol. The van der Waals surface area contributed by atoms with Gasteiger partial charge >= 0.3 is 0 Å². The molecule has 0 aliphatic rings. The van der Waals surface area contributed by atoms with Gasteiger partial charge in [0.05, 0.1) is 11.0 Å². The molecule has 0 atom stereocenters. The molecule has 0 saturated heterocycles. The zero-order valence-electron chi connectivity index (χ0n) is 11.5. The Labute approximate surface area is 135 Å². The number of non-ortho nitro benzene ring substituents is 1. The van der Waals surface area contributed by atoms with Crippen molar-refractivity contribution in [2.24, 2.45) is 0 Å². The van der Waals surface area contributed by atoms with Gasteiger partial charge in [-0.15, -0.1) is 11.3 Å². The van der Waals surface area contributed by atoms with Crippen LogP contribution in [0.4, 0.5) is 5.69 Å². The van der Waals surface area contributed by atoms with Crippen LogP contribution in [0.2, 0.25) is 0 Å². The maximum absolute atomic E-state index is 10.7. The molecule has 0 aliphatic carbocycles. The van der Waals surface area contributed by atoms with E-state index in [1.54, 1.807) is 23.5 Å². The van der Waals surface area contributed by atoms with Crippen molar-refractivity contribution in [1.29, 1.82) is 0 Å². The Balaban J connectivity index is 1.78. The van der Waals surface area contributed by atoms with Crippen LogP contribution in [0, 0.1) is 10.1 Å². The van der Waals surface area contributed by atoms with E-state index in [0.29, 0.717) is 12.4 Å². The second-order valence-electron chi connectivity index (χ2n) is 4.57. The number of likely N-dealkylation sites (N-methyl/N-ethyl adjacent to an activating group) is 1. The smallest absolute Gasteiger partial charge is 0.273 e. The van der Waals surface area contributed by atoms with Crippen LogP contribution >= 0.6 is 27.3 Å². The van der Waals surface area contributed by atoms with E-state index in [-0.39, 0.29) is 5.69 Å². The van der Waals surface area contributed by atoms with Crippen LogP contribution in [0.5, 0.6) is 5.75 Å². The predicted octanol–water partition coefficient (Wildman–Crippen LogP) is 3.93. The molecule has 2 aromatic rings. The zero-order chi connectivity index (χ0) is 15.2. The third kappa shape index (κ3) is 5.11. The minimum Gasteiger partial charge on any atom is -0.492 e. The van der Waals surface area contributed by atoms with Crippen LogP contribution in [-0.4, -0.2) is 30.0 Å².